The van der Waals surface area contributed by atoms with Crippen LogP contribution in [0.5, 0.6) is 0 Å². The minimum atomic E-state index is 1.12. The van der Waals surface area contributed by atoms with E-state index in [2.05, 4.69) is 13.8 Å². The Hall–Kier alpha value is 0. The van der Waals surface area contributed by atoms with Gasteiger partial charge in [0.1, 0.15) is 0 Å². The van der Waals surface area contributed by atoms with E-state index < -0.39 is 0 Å². The van der Waals surface area contributed by atoms with Gasteiger partial charge in [0.05, 0.1) is 0 Å². The molecular formula is C30H61. The fourth-order valence-electron chi connectivity index (χ4n) is 4.67. The summed E-state index contributed by atoms with van der Waals surface area (Å²) in [6.45, 7) is 6.22. The zero-order valence-corrected chi connectivity index (χ0v) is 21.5. The van der Waals surface area contributed by atoms with Crippen molar-refractivity contribution in [2.45, 2.75) is 187 Å². The second kappa shape index (κ2) is 29.0. The highest BCUT2D eigenvalue weighted by Crippen LogP contribution is 2.16. The first-order chi connectivity index (χ1) is 14.9. The highest BCUT2D eigenvalue weighted by Gasteiger charge is 1.96. The van der Waals surface area contributed by atoms with Gasteiger partial charge in [-0.05, 0) is 0 Å². The first-order valence-corrected chi connectivity index (χ1v) is 14.7. The molecular weight excluding hydrogens is 360 g/mol. The van der Waals surface area contributed by atoms with E-state index in [1.165, 1.54) is 173 Å². The van der Waals surface area contributed by atoms with Crippen LogP contribution in [-0.4, -0.2) is 0 Å². The standard InChI is InChI=1S/C30H61/c1-3-5-7-9-11-13-15-17-19-21-23-25-27-29-30-28-26-24-22-20-18-16-14-12-10-8-6-4-2/h1,3-30H2,2H3. The Labute approximate surface area is 193 Å². The van der Waals surface area contributed by atoms with E-state index in [1.807, 2.05) is 0 Å². The van der Waals surface area contributed by atoms with Crippen LogP contribution in [0, 0.1) is 6.92 Å². The van der Waals surface area contributed by atoms with Crippen LogP contribution in [0.2, 0.25) is 0 Å². The molecule has 0 fully saturated rings. The minimum absolute atomic E-state index is 1.12. The molecule has 0 spiro atoms. The van der Waals surface area contributed by atoms with Crippen molar-refractivity contribution in [1.82, 2.24) is 0 Å². The monoisotopic (exact) mass is 421 g/mol. The van der Waals surface area contributed by atoms with Crippen molar-refractivity contribution in [1.29, 1.82) is 0 Å². The summed E-state index contributed by atoms with van der Waals surface area (Å²) in [5.74, 6) is 0. The third-order valence-corrected chi connectivity index (χ3v) is 6.85. The topological polar surface area (TPSA) is 0 Å². The number of hydrogen-bond donors (Lipinski definition) is 0. The molecule has 0 atom stereocenters. The fraction of sp³-hybridized carbons (Fsp3) is 0.967. The predicted molar refractivity (Wildman–Crippen MR) is 140 cm³/mol. The molecule has 0 aliphatic heterocycles. The van der Waals surface area contributed by atoms with E-state index in [0.717, 1.165) is 6.42 Å². The molecule has 0 N–H and O–H groups in total. The van der Waals surface area contributed by atoms with Crippen molar-refractivity contribution in [2.75, 3.05) is 0 Å². The van der Waals surface area contributed by atoms with Gasteiger partial charge in [0.25, 0.3) is 0 Å². The van der Waals surface area contributed by atoms with Gasteiger partial charge in [-0.1, -0.05) is 194 Å². The van der Waals surface area contributed by atoms with Crippen LogP contribution in [0.4, 0.5) is 0 Å². The Morgan fingerprint density at radius 3 is 0.600 bits per heavy atom. The lowest BCUT2D eigenvalue weighted by Gasteiger charge is -2.04. The second-order valence-corrected chi connectivity index (χ2v) is 10.0. The van der Waals surface area contributed by atoms with Crippen molar-refractivity contribution >= 4 is 0 Å². The van der Waals surface area contributed by atoms with Gasteiger partial charge in [-0.3, -0.25) is 0 Å². The van der Waals surface area contributed by atoms with Crippen LogP contribution in [0.15, 0.2) is 0 Å². The first kappa shape index (κ1) is 30.0. The lowest BCUT2D eigenvalue weighted by atomic mass is 10.0. The van der Waals surface area contributed by atoms with E-state index in [9.17, 15) is 0 Å². The maximum Gasteiger partial charge on any atom is -0.0533 e. The average molecular weight is 422 g/mol. The molecule has 0 rings (SSSR count). The predicted octanol–water partition coefficient (Wildman–Crippen LogP) is 11.8. The van der Waals surface area contributed by atoms with Crippen molar-refractivity contribution < 1.29 is 0 Å². The third kappa shape index (κ3) is 28.0. The summed E-state index contributed by atoms with van der Waals surface area (Å²) in [6.07, 6.45) is 40.8. The molecule has 0 aromatic rings. The molecule has 0 saturated carbocycles. The molecule has 0 aromatic carbocycles. The van der Waals surface area contributed by atoms with Crippen LogP contribution < -0.4 is 0 Å². The van der Waals surface area contributed by atoms with Crippen LogP contribution >= 0.6 is 0 Å². The Bertz CT molecular complexity index is 241. The van der Waals surface area contributed by atoms with Crippen molar-refractivity contribution in [3.63, 3.8) is 0 Å². The molecule has 0 bridgehead atoms. The summed E-state index contributed by atoms with van der Waals surface area (Å²) < 4.78 is 0. The highest BCUT2D eigenvalue weighted by atomic mass is 14.0. The van der Waals surface area contributed by atoms with Crippen LogP contribution in [-0.2, 0) is 0 Å². The van der Waals surface area contributed by atoms with E-state index >= 15 is 0 Å². The van der Waals surface area contributed by atoms with Crippen LogP contribution in [0.3, 0.4) is 0 Å². The number of rotatable bonds is 27. The summed E-state index contributed by atoms with van der Waals surface area (Å²) in [4.78, 5) is 0. The smallest absolute Gasteiger partial charge is 0.0533 e. The largest absolute Gasteiger partial charge is 0.0654 e. The van der Waals surface area contributed by atoms with E-state index in [4.69, 9.17) is 0 Å². The average Bonchev–Trinajstić information content (AvgIpc) is 2.76. The Kier molecular flexibility index (Phi) is 29.0. The Balaban J connectivity index is 2.97. The normalized spacial score (nSPS) is 11.4. The quantitative estimate of drug-likeness (QED) is 0.116. The maximum atomic E-state index is 3.92. The molecule has 0 amide bonds. The molecule has 1 radical (unpaired) electrons. The van der Waals surface area contributed by atoms with Gasteiger partial charge >= 0.3 is 0 Å². The highest BCUT2D eigenvalue weighted by molar-refractivity contribution is 4.52. The maximum absolute atomic E-state index is 3.92. The van der Waals surface area contributed by atoms with Gasteiger partial charge in [-0.15, -0.1) is 0 Å². The van der Waals surface area contributed by atoms with Crippen molar-refractivity contribution in [3.05, 3.63) is 6.92 Å². The SMILES string of the molecule is [CH2]CCCCCCCCCCCCCCCCCCCCCCCCCCCCC. The number of hydrogen-bond acceptors (Lipinski definition) is 0. The van der Waals surface area contributed by atoms with Crippen LogP contribution in [0.25, 0.3) is 0 Å². The molecule has 0 aliphatic rings. The lowest BCUT2D eigenvalue weighted by Crippen LogP contribution is -1.84. The van der Waals surface area contributed by atoms with E-state index in [1.54, 1.807) is 0 Å². The van der Waals surface area contributed by atoms with Crippen molar-refractivity contribution in [3.8, 4) is 0 Å². The van der Waals surface area contributed by atoms with Gasteiger partial charge in [0, 0.05) is 0 Å². The van der Waals surface area contributed by atoms with Crippen LogP contribution in [0.1, 0.15) is 187 Å². The summed E-state index contributed by atoms with van der Waals surface area (Å²) in [5, 5.41) is 0. The summed E-state index contributed by atoms with van der Waals surface area (Å²) in [5.41, 5.74) is 0. The van der Waals surface area contributed by atoms with E-state index in [0.29, 0.717) is 0 Å². The van der Waals surface area contributed by atoms with Gasteiger partial charge < -0.3 is 0 Å². The zero-order valence-electron chi connectivity index (χ0n) is 21.5. The molecule has 0 heteroatoms. The summed E-state index contributed by atoms with van der Waals surface area (Å²) in [6, 6.07) is 0. The molecule has 30 heavy (non-hydrogen) atoms. The lowest BCUT2D eigenvalue weighted by molar-refractivity contribution is 0.515. The molecule has 0 aromatic heterocycles. The van der Waals surface area contributed by atoms with Gasteiger partial charge in [0.2, 0.25) is 0 Å². The fourth-order valence-corrected chi connectivity index (χ4v) is 4.67. The molecule has 0 nitrogen and oxygen atoms in total. The zero-order chi connectivity index (χ0) is 21.8. The Morgan fingerprint density at radius 2 is 0.433 bits per heavy atom. The molecule has 0 unspecified atom stereocenters. The third-order valence-electron chi connectivity index (χ3n) is 6.85. The summed E-state index contributed by atoms with van der Waals surface area (Å²) in [7, 11) is 0. The van der Waals surface area contributed by atoms with Gasteiger partial charge in [-0.25, -0.2) is 0 Å². The second-order valence-electron chi connectivity index (χ2n) is 10.0. The molecule has 181 valence electrons. The Morgan fingerprint density at radius 1 is 0.267 bits per heavy atom. The molecule has 0 aliphatic carbocycles. The van der Waals surface area contributed by atoms with Gasteiger partial charge in [0.15, 0.2) is 0 Å². The first-order valence-electron chi connectivity index (χ1n) is 14.7. The van der Waals surface area contributed by atoms with Crippen molar-refractivity contribution in [2.24, 2.45) is 0 Å². The van der Waals surface area contributed by atoms with Gasteiger partial charge in [-0.2, -0.15) is 0 Å². The molecule has 0 heterocycles. The minimum Gasteiger partial charge on any atom is -0.0654 e. The van der Waals surface area contributed by atoms with E-state index in [-0.39, 0.29) is 0 Å². The molecule has 0 saturated heterocycles. The number of unbranched alkanes of at least 4 members (excludes halogenated alkanes) is 27. The summed E-state index contributed by atoms with van der Waals surface area (Å²) >= 11 is 0.